The summed E-state index contributed by atoms with van der Waals surface area (Å²) in [5.74, 6) is 0.594. The van der Waals surface area contributed by atoms with Gasteiger partial charge in [-0.15, -0.1) is 0 Å². The quantitative estimate of drug-likeness (QED) is 0.606. The number of halogens is 1. The summed E-state index contributed by atoms with van der Waals surface area (Å²) in [5, 5.41) is 0. The van der Waals surface area contributed by atoms with E-state index in [0.717, 1.165) is 24.3 Å². The van der Waals surface area contributed by atoms with E-state index in [0.29, 0.717) is 5.75 Å². The van der Waals surface area contributed by atoms with Crippen LogP contribution in [0.15, 0.2) is 33.1 Å². The first-order valence-electron chi connectivity index (χ1n) is 4.91. The van der Waals surface area contributed by atoms with Crippen molar-refractivity contribution in [1.82, 2.24) is 4.58 Å². The van der Waals surface area contributed by atoms with Crippen molar-refractivity contribution in [3.8, 4) is 0 Å². The molecule has 82 valence electrons. The number of para-hydroxylation sites is 2. The second-order valence-corrected chi connectivity index (χ2v) is 3.09. The zero-order valence-corrected chi connectivity index (χ0v) is 9.62. The number of rotatable bonds is 2. The summed E-state index contributed by atoms with van der Waals surface area (Å²) in [5.41, 5.74) is 1.60. The Balaban J connectivity index is 0.00000112. The Kier molecular flexibility index (Phi) is 3.97. The molecule has 1 aromatic carbocycles. The maximum Gasteiger partial charge on any atom is 0.560 e. The second kappa shape index (κ2) is 5.03. The molecule has 1 aromatic heterocycles. The van der Waals surface area contributed by atoms with Crippen molar-refractivity contribution in [2.45, 2.75) is 13.8 Å². The molecule has 2 rings (SSSR count). The van der Waals surface area contributed by atoms with Gasteiger partial charge in [-0.1, -0.05) is 12.1 Å². The minimum absolute atomic E-state index is 0. The van der Waals surface area contributed by atoms with Gasteiger partial charge in [0.05, 0.1) is 0 Å². The Morgan fingerprint density at radius 3 is 1.87 bits per heavy atom. The van der Waals surface area contributed by atoms with E-state index in [9.17, 15) is 0 Å². The van der Waals surface area contributed by atoms with Crippen molar-refractivity contribution >= 4 is 11.2 Å². The van der Waals surface area contributed by atoms with Crippen LogP contribution in [-0.2, 0) is 0 Å². The molecular weight excluding hydrogens is 214 g/mol. The molecule has 0 radical (unpaired) electrons. The molecule has 2 aromatic rings. The Morgan fingerprint density at radius 1 is 1.00 bits per heavy atom. The van der Waals surface area contributed by atoms with E-state index in [2.05, 4.69) is 13.8 Å². The number of fused-ring (bicyclic) bond motifs is 1. The molecule has 0 aliphatic heterocycles. The highest BCUT2D eigenvalue weighted by Crippen LogP contribution is 2.09. The molecule has 0 atom stereocenters. The van der Waals surface area contributed by atoms with Gasteiger partial charge in [0.15, 0.2) is 11.2 Å². The van der Waals surface area contributed by atoms with Crippen LogP contribution >= 0.6 is 0 Å². The number of nitrogens with zero attached hydrogens (tertiary/aromatic N) is 1. The fraction of sp³-hybridized carbons (Fsp3) is 0.364. The van der Waals surface area contributed by atoms with Crippen LogP contribution in [0, 0.1) is 0 Å². The smallest absolute Gasteiger partial charge is 0.560 e. The third-order valence-corrected chi connectivity index (χ3v) is 2.27. The Labute approximate surface area is 94.4 Å². The van der Waals surface area contributed by atoms with Gasteiger partial charge in [-0.3, -0.25) is 0 Å². The molecule has 0 fully saturated rings. The summed E-state index contributed by atoms with van der Waals surface area (Å²) in [4.78, 5) is 0. The van der Waals surface area contributed by atoms with Crippen LogP contribution in [0.3, 0.4) is 0 Å². The Hall–Kier alpha value is -1.22. The molecule has 15 heavy (non-hydrogen) atoms. The van der Waals surface area contributed by atoms with Gasteiger partial charge in [-0.2, -0.15) is 4.58 Å². The molecule has 0 spiro atoms. The van der Waals surface area contributed by atoms with Crippen LogP contribution in [0.2, 0.25) is 0 Å². The molecule has 3 nitrogen and oxygen atoms in total. The summed E-state index contributed by atoms with van der Waals surface area (Å²) in [6.07, 6.45) is 0. The predicted octanol–water partition coefficient (Wildman–Crippen LogP) is -1.16. The second-order valence-electron chi connectivity index (χ2n) is 3.09. The van der Waals surface area contributed by atoms with E-state index in [1.165, 1.54) is 0 Å². The van der Waals surface area contributed by atoms with Crippen molar-refractivity contribution in [3.05, 3.63) is 30.0 Å². The SMILES string of the molecule is CC[N+](CC)=c1oc2ccccc2o1.[Cl-]. The average Bonchev–Trinajstić information content (AvgIpc) is 2.63. The molecular formula is C11H14ClNO2. The average molecular weight is 228 g/mol. The Bertz CT molecular complexity index is 456. The fourth-order valence-corrected chi connectivity index (χ4v) is 1.44. The van der Waals surface area contributed by atoms with Gasteiger partial charge in [0, 0.05) is 0 Å². The molecule has 0 aliphatic rings. The van der Waals surface area contributed by atoms with Gasteiger partial charge in [-0.05, 0) is 26.0 Å². The molecule has 0 saturated carbocycles. The van der Waals surface area contributed by atoms with Crippen LogP contribution in [0.25, 0.3) is 11.2 Å². The van der Waals surface area contributed by atoms with E-state index in [1.54, 1.807) is 0 Å². The fourth-order valence-electron chi connectivity index (χ4n) is 1.44. The standard InChI is InChI=1S/C11H14NO2.ClH/c1-3-12(4-2)11-13-9-7-5-6-8-10(9)14-11;/h5-8H,3-4H2,1-2H3;1H/q+1;/p-1. The summed E-state index contributed by atoms with van der Waals surface area (Å²) in [6.45, 7) is 5.93. The molecule has 4 heteroatoms. The van der Waals surface area contributed by atoms with Crippen LogP contribution in [0.4, 0.5) is 0 Å². The maximum atomic E-state index is 5.57. The lowest BCUT2D eigenvalue weighted by atomic mass is 10.3. The monoisotopic (exact) mass is 227 g/mol. The Morgan fingerprint density at radius 2 is 1.47 bits per heavy atom. The zero-order valence-electron chi connectivity index (χ0n) is 8.87. The van der Waals surface area contributed by atoms with E-state index >= 15 is 0 Å². The lowest BCUT2D eigenvalue weighted by Crippen LogP contribution is -3.00. The highest BCUT2D eigenvalue weighted by molar-refractivity contribution is 5.68. The molecule has 0 N–H and O–H groups in total. The van der Waals surface area contributed by atoms with Gasteiger partial charge in [0.2, 0.25) is 0 Å². The van der Waals surface area contributed by atoms with Gasteiger partial charge in [0.1, 0.15) is 13.1 Å². The van der Waals surface area contributed by atoms with Crippen molar-refractivity contribution in [1.29, 1.82) is 0 Å². The number of hydrogen-bond acceptors (Lipinski definition) is 2. The molecule has 0 unspecified atom stereocenters. The summed E-state index contributed by atoms with van der Waals surface area (Å²) < 4.78 is 13.2. The third kappa shape index (κ3) is 2.23. The highest BCUT2D eigenvalue weighted by Gasteiger charge is 2.08. The maximum absolute atomic E-state index is 5.57. The van der Waals surface area contributed by atoms with Crippen molar-refractivity contribution in [2.24, 2.45) is 0 Å². The summed E-state index contributed by atoms with van der Waals surface area (Å²) in [6, 6.07) is 7.69. The predicted molar refractivity (Wildman–Crippen MR) is 54.8 cm³/mol. The van der Waals surface area contributed by atoms with Gasteiger partial charge in [0.25, 0.3) is 0 Å². The molecule has 0 aliphatic carbocycles. The van der Waals surface area contributed by atoms with Crippen molar-refractivity contribution < 1.29 is 21.2 Å². The van der Waals surface area contributed by atoms with Gasteiger partial charge < -0.3 is 21.2 Å². The van der Waals surface area contributed by atoms with E-state index in [1.807, 2.05) is 28.8 Å². The molecule has 0 amide bonds. The molecule has 0 bridgehead atoms. The van der Waals surface area contributed by atoms with E-state index < -0.39 is 0 Å². The van der Waals surface area contributed by atoms with Gasteiger partial charge in [-0.25, -0.2) is 0 Å². The van der Waals surface area contributed by atoms with Crippen LogP contribution in [0.5, 0.6) is 0 Å². The summed E-state index contributed by atoms with van der Waals surface area (Å²) in [7, 11) is 0. The normalized spacial score (nSPS) is 10.0. The summed E-state index contributed by atoms with van der Waals surface area (Å²) >= 11 is 0. The zero-order chi connectivity index (χ0) is 9.97. The number of hydrogen-bond donors (Lipinski definition) is 0. The molecule has 1 heterocycles. The first-order chi connectivity index (χ1) is 6.85. The molecule has 0 saturated heterocycles. The largest absolute Gasteiger partial charge is 1.00 e. The van der Waals surface area contributed by atoms with Crippen molar-refractivity contribution in [2.75, 3.05) is 13.1 Å². The first kappa shape index (κ1) is 11.9. The van der Waals surface area contributed by atoms with Gasteiger partial charge >= 0.3 is 5.75 Å². The van der Waals surface area contributed by atoms with E-state index in [-0.39, 0.29) is 12.4 Å². The van der Waals surface area contributed by atoms with Crippen LogP contribution < -0.4 is 22.7 Å². The van der Waals surface area contributed by atoms with Crippen LogP contribution in [0.1, 0.15) is 13.8 Å². The number of benzene rings is 1. The highest BCUT2D eigenvalue weighted by atomic mass is 35.5. The van der Waals surface area contributed by atoms with Crippen molar-refractivity contribution in [3.63, 3.8) is 0 Å². The topological polar surface area (TPSA) is 29.3 Å². The lowest BCUT2D eigenvalue weighted by molar-refractivity contribution is -0.00000446. The van der Waals surface area contributed by atoms with E-state index in [4.69, 9.17) is 8.83 Å². The minimum Gasteiger partial charge on any atom is -1.00 e. The minimum atomic E-state index is 0. The van der Waals surface area contributed by atoms with Crippen LogP contribution in [-0.4, -0.2) is 13.1 Å². The lowest BCUT2D eigenvalue weighted by Gasteiger charge is -1.87. The third-order valence-electron chi connectivity index (χ3n) is 2.27. The first-order valence-corrected chi connectivity index (χ1v) is 4.91.